The van der Waals surface area contributed by atoms with Gasteiger partial charge in [0.15, 0.2) is 0 Å². The smallest absolute Gasteiger partial charge is 0.0624 e. The topological polar surface area (TPSA) is 18.5 Å². The van der Waals surface area contributed by atoms with Crippen molar-refractivity contribution in [2.75, 3.05) is 11.9 Å². The molecule has 1 aromatic rings. The van der Waals surface area contributed by atoms with E-state index in [-0.39, 0.29) is 0 Å². The van der Waals surface area contributed by atoms with Crippen LogP contribution >= 0.6 is 15.9 Å². The Kier molecular flexibility index (Phi) is 5.86. The summed E-state index contributed by atoms with van der Waals surface area (Å²) in [6.45, 7) is 5.04. The third-order valence-electron chi connectivity index (χ3n) is 3.64. The molecule has 0 radical (unpaired) electrons. The molecule has 106 valence electrons. The second kappa shape index (κ2) is 7.41. The van der Waals surface area contributed by atoms with E-state index in [2.05, 4.69) is 60.1 Å². The summed E-state index contributed by atoms with van der Waals surface area (Å²) < 4.78 is 11.9. The Labute approximate surface area is 124 Å². The molecular formula is C16H23BrO2. The molecule has 0 amide bonds. The maximum absolute atomic E-state index is 6.12. The van der Waals surface area contributed by atoms with Gasteiger partial charge in [-0.1, -0.05) is 46.3 Å². The molecule has 2 nitrogen and oxygen atoms in total. The number of alkyl halides is 1. The van der Waals surface area contributed by atoms with E-state index in [1.165, 1.54) is 5.56 Å². The van der Waals surface area contributed by atoms with Crippen LogP contribution in [0.5, 0.6) is 0 Å². The van der Waals surface area contributed by atoms with Crippen molar-refractivity contribution in [2.45, 2.75) is 50.9 Å². The first-order valence-electron chi connectivity index (χ1n) is 7.07. The van der Waals surface area contributed by atoms with Crippen molar-refractivity contribution < 1.29 is 9.47 Å². The largest absolute Gasteiger partial charge is 0.377 e. The lowest BCUT2D eigenvalue weighted by molar-refractivity contribution is -0.103. The van der Waals surface area contributed by atoms with Gasteiger partial charge in [-0.2, -0.15) is 0 Å². The Bertz CT molecular complexity index is 358. The van der Waals surface area contributed by atoms with E-state index in [0.717, 1.165) is 24.8 Å². The molecule has 0 N–H and O–H groups in total. The van der Waals surface area contributed by atoms with E-state index in [0.29, 0.717) is 24.2 Å². The molecule has 3 atom stereocenters. The first-order valence-corrected chi connectivity index (χ1v) is 8.19. The van der Waals surface area contributed by atoms with Crippen molar-refractivity contribution in [3.8, 4) is 0 Å². The minimum atomic E-state index is 0.313. The molecule has 0 aromatic heterocycles. The summed E-state index contributed by atoms with van der Waals surface area (Å²) in [7, 11) is 0. The zero-order valence-electron chi connectivity index (χ0n) is 11.7. The lowest BCUT2D eigenvalue weighted by Crippen LogP contribution is -2.34. The lowest BCUT2D eigenvalue weighted by atomic mass is 10.0. The fraction of sp³-hybridized carbons (Fsp3) is 0.625. The highest BCUT2D eigenvalue weighted by Crippen LogP contribution is 2.24. The average Bonchev–Trinajstić information content (AvgIpc) is 2.39. The van der Waals surface area contributed by atoms with E-state index >= 15 is 0 Å². The van der Waals surface area contributed by atoms with Gasteiger partial charge >= 0.3 is 0 Å². The van der Waals surface area contributed by atoms with Crippen LogP contribution in [-0.2, 0) is 9.47 Å². The van der Waals surface area contributed by atoms with Crippen LogP contribution in [0.4, 0.5) is 0 Å². The van der Waals surface area contributed by atoms with Crippen molar-refractivity contribution >= 4 is 15.9 Å². The van der Waals surface area contributed by atoms with Gasteiger partial charge < -0.3 is 9.47 Å². The third-order valence-corrected chi connectivity index (χ3v) is 4.43. The molecule has 1 fully saturated rings. The summed E-state index contributed by atoms with van der Waals surface area (Å²) in [5, 5.41) is 0.936. The maximum Gasteiger partial charge on any atom is 0.0624 e. The van der Waals surface area contributed by atoms with Crippen LogP contribution in [-0.4, -0.2) is 30.2 Å². The first-order chi connectivity index (χ1) is 9.19. The van der Waals surface area contributed by atoms with E-state index < -0.39 is 0 Å². The Morgan fingerprint density at radius 2 is 1.84 bits per heavy atom. The summed E-state index contributed by atoms with van der Waals surface area (Å²) in [4.78, 5) is 0. The fourth-order valence-corrected chi connectivity index (χ4v) is 3.25. The van der Waals surface area contributed by atoms with E-state index in [1.54, 1.807) is 0 Å². The van der Waals surface area contributed by atoms with E-state index in [9.17, 15) is 0 Å². The van der Waals surface area contributed by atoms with Gasteiger partial charge in [0.2, 0.25) is 0 Å². The molecule has 1 heterocycles. The van der Waals surface area contributed by atoms with Gasteiger partial charge in [-0.05, 0) is 32.3 Å². The molecule has 1 aliphatic rings. The molecule has 0 aliphatic carbocycles. The van der Waals surface area contributed by atoms with Gasteiger partial charge in [-0.25, -0.2) is 0 Å². The number of benzene rings is 1. The summed E-state index contributed by atoms with van der Waals surface area (Å²) in [5.74, 6) is 0.426. The summed E-state index contributed by atoms with van der Waals surface area (Å²) in [5.41, 5.74) is 1.34. The van der Waals surface area contributed by atoms with Gasteiger partial charge in [0.05, 0.1) is 24.9 Å². The minimum absolute atomic E-state index is 0.313. The van der Waals surface area contributed by atoms with Crippen LogP contribution in [0, 0.1) is 0 Å². The molecule has 0 bridgehead atoms. The molecule has 1 aliphatic heterocycles. The zero-order chi connectivity index (χ0) is 13.7. The zero-order valence-corrected chi connectivity index (χ0v) is 13.3. The predicted octanol–water partition coefficient (Wildman–Crippen LogP) is 4.14. The minimum Gasteiger partial charge on any atom is -0.377 e. The van der Waals surface area contributed by atoms with Crippen molar-refractivity contribution in [1.82, 2.24) is 0 Å². The van der Waals surface area contributed by atoms with Gasteiger partial charge in [0.25, 0.3) is 0 Å². The number of ether oxygens (including phenoxy) is 2. The molecule has 3 heteroatoms. The monoisotopic (exact) mass is 326 g/mol. The summed E-state index contributed by atoms with van der Waals surface area (Å²) in [6.07, 6.45) is 2.98. The van der Waals surface area contributed by atoms with Crippen LogP contribution in [0.2, 0.25) is 0 Å². The van der Waals surface area contributed by atoms with Gasteiger partial charge in [0, 0.05) is 11.2 Å². The van der Waals surface area contributed by atoms with Gasteiger partial charge in [-0.15, -0.1) is 0 Å². The quantitative estimate of drug-likeness (QED) is 0.757. The second-order valence-electron chi connectivity index (χ2n) is 5.45. The van der Waals surface area contributed by atoms with Gasteiger partial charge in [-0.3, -0.25) is 0 Å². The molecule has 1 aromatic carbocycles. The van der Waals surface area contributed by atoms with Crippen LogP contribution < -0.4 is 0 Å². The first kappa shape index (κ1) is 15.0. The van der Waals surface area contributed by atoms with Crippen LogP contribution in [0.25, 0.3) is 0 Å². The third kappa shape index (κ3) is 4.59. The molecule has 0 spiro atoms. The highest BCUT2D eigenvalue weighted by Gasteiger charge is 2.25. The standard InChI is InChI=1S/C16H23BrO2/c1-12-8-16(9-13(2)19-12)18-11-15(10-17)14-6-4-3-5-7-14/h3-7,12-13,15-16H,8-11H2,1-2H3. The van der Waals surface area contributed by atoms with Crippen molar-refractivity contribution in [1.29, 1.82) is 0 Å². The Balaban J connectivity index is 1.86. The normalized spacial score (nSPS) is 29.1. The van der Waals surface area contributed by atoms with Crippen molar-refractivity contribution in [2.24, 2.45) is 0 Å². The average molecular weight is 327 g/mol. The summed E-state index contributed by atoms with van der Waals surface area (Å²) in [6, 6.07) is 10.6. The van der Waals surface area contributed by atoms with Crippen LogP contribution in [0.15, 0.2) is 30.3 Å². The maximum atomic E-state index is 6.12. The molecule has 3 unspecified atom stereocenters. The predicted molar refractivity (Wildman–Crippen MR) is 82.0 cm³/mol. The molecule has 0 saturated carbocycles. The highest BCUT2D eigenvalue weighted by molar-refractivity contribution is 9.09. The fourth-order valence-electron chi connectivity index (χ4n) is 2.69. The van der Waals surface area contributed by atoms with Crippen LogP contribution in [0.1, 0.15) is 38.2 Å². The van der Waals surface area contributed by atoms with Crippen molar-refractivity contribution in [3.05, 3.63) is 35.9 Å². The Hall–Kier alpha value is -0.380. The number of rotatable bonds is 5. The second-order valence-corrected chi connectivity index (χ2v) is 6.09. The number of hydrogen-bond donors (Lipinski definition) is 0. The summed E-state index contributed by atoms with van der Waals surface area (Å²) >= 11 is 3.60. The Morgan fingerprint density at radius 1 is 1.21 bits per heavy atom. The van der Waals surface area contributed by atoms with E-state index in [1.807, 2.05) is 0 Å². The van der Waals surface area contributed by atoms with Crippen molar-refractivity contribution in [3.63, 3.8) is 0 Å². The molecule has 1 saturated heterocycles. The molecule has 19 heavy (non-hydrogen) atoms. The Morgan fingerprint density at radius 3 is 2.42 bits per heavy atom. The molecule has 2 rings (SSSR count). The number of halogens is 1. The van der Waals surface area contributed by atoms with Crippen LogP contribution in [0.3, 0.4) is 0 Å². The lowest BCUT2D eigenvalue weighted by Gasteiger charge is -2.32. The molecular weight excluding hydrogens is 304 g/mol. The van der Waals surface area contributed by atoms with E-state index in [4.69, 9.17) is 9.47 Å². The highest BCUT2D eigenvalue weighted by atomic mass is 79.9. The number of hydrogen-bond acceptors (Lipinski definition) is 2. The SMILES string of the molecule is CC1CC(OCC(CBr)c2ccccc2)CC(C)O1. The van der Waals surface area contributed by atoms with Gasteiger partial charge in [0.1, 0.15) is 0 Å².